The molecular formula is C29H26F3N5O4. The summed E-state index contributed by atoms with van der Waals surface area (Å²) in [5.41, 5.74) is 1.96. The zero-order chi connectivity index (χ0) is 28.8. The predicted octanol–water partition coefficient (Wildman–Crippen LogP) is 4.46. The number of benzene rings is 2. The Morgan fingerprint density at radius 2 is 1.83 bits per heavy atom. The van der Waals surface area contributed by atoms with Crippen LogP contribution in [0, 0.1) is 6.92 Å². The number of morpholine rings is 1. The highest BCUT2D eigenvalue weighted by molar-refractivity contribution is 6.01. The Morgan fingerprint density at radius 1 is 1.05 bits per heavy atom. The average Bonchev–Trinajstić information content (AvgIpc) is 3.76. The van der Waals surface area contributed by atoms with Crippen molar-refractivity contribution in [1.29, 1.82) is 0 Å². The van der Waals surface area contributed by atoms with Gasteiger partial charge in [0, 0.05) is 31.0 Å². The Bertz CT molecular complexity index is 1690. The van der Waals surface area contributed by atoms with Crippen LogP contribution < -0.4 is 15.6 Å². The van der Waals surface area contributed by atoms with Gasteiger partial charge in [-0.1, -0.05) is 6.07 Å². The quantitative estimate of drug-likeness (QED) is 0.369. The molecule has 1 saturated heterocycles. The molecule has 9 nitrogen and oxygen atoms in total. The number of nitrogens with zero attached hydrogens (tertiary/aromatic N) is 4. The van der Waals surface area contributed by atoms with Gasteiger partial charge in [-0.3, -0.25) is 24.0 Å². The van der Waals surface area contributed by atoms with Gasteiger partial charge in [-0.2, -0.15) is 0 Å². The molecule has 212 valence electrons. The van der Waals surface area contributed by atoms with Crippen molar-refractivity contribution in [3.05, 3.63) is 77.1 Å². The minimum Gasteiger partial charge on any atom is -0.404 e. The summed E-state index contributed by atoms with van der Waals surface area (Å²) in [6.07, 6.45) is 0.973. The molecular weight excluding hydrogens is 539 g/mol. The van der Waals surface area contributed by atoms with Gasteiger partial charge < -0.3 is 14.8 Å². The van der Waals surface area contributed by atoms with E-state index in [4.69, 9.17) is 4.74 Å². The van der Waals surface area contributed by atoms with Crippen LogP contribution in [0.4, 0.5) is 18.9 Å². The number of hydrogen-bond acceptors (Lipinski definition) is 7. The third kappa shape index (κ3) is 5.40. The number of carbonyl (C=O) groups is 1. The van der Waals surface area contributed by atoms with Crippen LogP contribution >= 0.6 is 0 Å². The van der Waals surface area contributed by atoms with Crippen LogP contribution in [0.25, 0.3) is 27.7 Å². The molecule has 0 bridgehead atoms. The van der Waals surface area contributed by atoms with Crippen molar-refractivity contribution in [2.75, 3.05) is 31.6 Å². The number of anilines is 1. The standard InChI is InChI=1S/C29H26F3N5O4/c1-18-12-20(16-33-15-18)19-2-4-22-23(13-19)34-17-37(26(22)38)21-3-5-25(41-29(30,31)32)24(14-21)35-27(39)28(6-7-28)36-8-10-40-11-9-36/h2-5,12-17H,6-11H2,1H3,(H,35,39). The van der Waals surface area contributed by atoms with Crippen molar-refractivity contribution in [3.63, 3.8) is 0 Å². The first-order valence-electron chi connectivity index (χ1n) is 13.1. The molecule has 0 radical (unpaired) electrons. The summed E-state index contributed by atoms with van der Waals surface area (Å²) in [4.78, 5) is 37.4. The molecule has 3 heterocycles. The SMILES string of the molecule is Cc1cncc(-c2ccc3c(=O)n(-c4ccc(OC(F)(F)F)c(NC(=O)C5(N6CCOCC6)CC5)c4)cnc3c2)c1. The van der Waals surface area contributed by atoms with Crippen LogP contribution in [-0.4, -0.2) is 63.5 Å². The lowest BCUT2D eigenvalue weighted by atomic mass is 10.0. The van der Waals surface area contributed by atoms with Crippen LogP contribution in [0.1, 0.15) is 18.4 Å². The molecule has 12 heteroatoms. The van der Waals surface area contributed by atoms with Gasteiger partial charge in [-0.25, -0.2) is 4.98 Å². The van der Waals surface area contributed by atoms with E-state index in [9.17, 15) is 22.8 Å². The fourth-order valence-electron chi connectivity index (χ4n) is 5.21. The van der Waals surface area contributed by atoms with E-state index in [-0.39, 0.29) is 11.4 Å². The molecule has 0 unspecified atom stereocenters. The monoisotopic (exact) mass is 565 g/mol. The molecule has 2 aromatic heterocycles. The van der Waals surface area contributed by atoms with Gasteiger partial charge >= 0.3 is 6.36 Å². The number of carbonyl (C=O) groups excluding carboxylic acids is 1. The first-order chi connectivity index (χ1) is 19.6. The number of rotatable bonds is 6. The second-order valence-electron chi connectivity index (χ2n) is 10.2. The van der Waals surface area contributed by atoms with E-state index >= 15 is 0 Å². The molecule has 1 N–H and O–H groups in total. The van der Waals surface area contributed by atoms with Gasteiger partial charge in [-0.05, 0) is 67.3 Å². The predicted molar refractivity (Wildman–Crippen MR) is 145 cm³/mol. The maximum absolute atomic E-state index is 13.4. The summed E-state index contributed by atoms with van der Waals surface area (Å²) in [6.45, 7) is 4.00. The van der Waals surface area contributed by atoms with Gasteiger partial charge in [0.25, 0.3) is 5.56 Å². The molecule has 2 aliphatic rings. The van der Waals surface area contributed by atoms with E-state index in [1.165, 1.54) is 23.0 Å². The number of alkyl halides is 3. The second kappa shape index (κ2) is 10.3. The molecule has 4 aromatic rings. The van der Waals surface area contributed by atoms with Crippen molar-refractivity contribution in [3.8, 4) is 22.6 Å². The van der Waals surface area contributed by atoms with Crippen molar-refractivity contribution in [2.24, 2.45) is 0 Å². The van der Waals surface area contributed by atoms with E-state index in [0.29, 0.717) is 50.0 Å². The Kier molecular flexibility index (Phi) is 6.74. The van der Waals surface area contributed by atoms with E-state index < -0.39 is 29.1 Å². The first kappa shape index (κ1) is 26.9. The fourth-order valence-corrected chi connectivity index (χ4v) is 5.21. The summed E-state index contributed by atoms with van der Waals surface area (Å²) in [5, 5.41) is 2.96. The van der Waals surface area contributed by atoms with E-state index in [0.717, 1.165) is 22.8 Å². The van der Waals surface area contributed by atoms with Gasteiger partial charge in [0.2, 0.25) is 5.91 Å². The molecule has 1 aliphatic heterocycles. The Balaban J connectivity index is 1.35. The Morgan fingerprint density at radius 3 is 2.54 bits per heavy atom. The fraction of sp³-hybridized carbons (Fsp3) is 0.310. The summed E-state index contributed by atoms with van der Waals surface area (Å²) in [5.74, 6) is -1.00. The van der Waals surface area contributed by atoms with Gasteiger partial charge in [0.15, 0.2) is 5.75 Å². The summed E-state index contributed by atoms with van der Waals surface area (Å²) >= 11 is 0. The van der Waals surface area contributed by atoms with Gasteiger partial charge in [0.05, 0.1) is 35.5 Å². The average molecular weight is 566 g/mol. The lowest BCUT2D eigenvalue weighted by Gasteiger charge is -2.34. The topological polar surface area (TPSA) is 98.6 Å². The smallest absolute Gasteiger partial charge is 0.404 e. The Hall–Kier alpha value is -4.29. The molecule has 1 saturated carbocycles. The normalized spacial score (nSPS) is 16.9. The van der Waals surface area contributed by atoms with E-state index in [2.05, 4.69) is 20.0 Å². The number of amides is 1. The lowest BCUT2D eigenvalue weighted by Crippen LogP contribution is -2.51. The summed E-state index contributed by atoms with van der Waals surface area (Å²) < 4.78 is 50.4. The molecule has 0 atom stereocenters. The van der Waals surface area contributed by atoms with Crippen molar-refractivity contribution < 1.29 is 27.4 Å². The third-order valence-electron chi connectivity index (χ3n) is 7.45. The minimum atomic E-state index is -4.98. The number of hydrogen-bond donors (Lipinski definition) is 1. The first-order valence-corrected chi connectivity index (χ1v) is 13.1. The zero-order valence-corrected chi connectivity index (χ0v) is 22.1. The maximum atomic E-state index is 13.4. The molecule has 41 heavy (non-hydrogen) atoms. The van der Waals surface area contributed by atoms with Crippen LogP contribution in [-0.2, 0) is 9.53 Å². The zero-order valence-electron chi connectivity index (χ0n) is 22.1. The lowest BCUT2D eigenvalue weighted by molar-refractivity contribution is -0.274. The second-order valence-corrected chi connectivity index (χ2v) is 10.2. The Labute approximate surface area is 232 Å². The van der Waals surface area contributed by atoms with Crippen LogP contribution in [0.5, 0.6) is 5.75 Å². The van der Waals surface area contributed by atoms with Crippen LogP contribution in [0.15, 0.2) is 66.0 Å². The molecule has 6 rings (SSSR count). The highest BCUT2D eigenvalue weighted by Gasteiger charge is 2.54. The van der Waals surface area contributed by atoms with Crippen molar-refractivity contribution in [1.82, 2.24) is 19.4 Å². The van der Waals surface area contributed by atoms with Crippen LogP contribution in [0.3, 0.4) is 0 Å². The number of fused-ring (bicyclic) bond motifs is 1. The number of nitrogens with one attached hydrogen (secondary N) is 1. The number of aryl methyl sites for hydroxylation is 1. The molecule has 0 spiro atoms. The van der Waals surface area contributed by atoms with Gasteiger partial charge in [-0.15, -0.1) is 13.2 Å². The highest BCUT2D eigenvalue weighted by atomic mass is 19.4. The maximum Gasteiger partial charge on any atom is 0.573 e. The number of pyridine rings is 1. The van der Waals surface area contributed by atoms with Crippen molar-refractivity contribution in [2.45, 2.75) is 31.7 Å². The number of halogens is 3. The molecule has 2 aromatic carbocycles. The molecule has 1 amide bonds. The molecule has 1 aliphatic carbocycles. The summed E-state index contributed by atoms with van der Waals surface area (Å²) in [6, 6.07) is 10.9. The highest BCUT2D eigenvalue weighted by Crippen LogP contribution is 2.44. The number of aromatic nitrogens is 3. The summed E-state index contributed by atoms with van der Waals surface area (Å²) in [7, 11) is 0. The molecule has 2 fully saturated rings. The van der Waals surface area contributed by atoms with Crippen LogP contribution in [0.2, 0.25) is 0 Å². The number of ether oxygens (including phenoxy) is 2. The minimum absolute atomic E-state index is 0.196. The largest absolute Gasteiger partial charge is 0.573 e. The van der Waals surface area contributed by atoms with E-state index in [1.54, 1.807) is 30.6 Å². The third-order valence-corrected chi connectivity index (χ3v) is 7.45. The van der Waals surface area contributed by atoms with Gasteiger partial charge in [0.1, 0.15) is 11.9 Å². The van der Waals surface area contributed by atoms with Crippen molar-refractivity contribution >= 4 is 22.5 Å². The van der Waals surface area contributed by atoms with E-state index in [1.807, 2.05) is 17.9 Å².